The van der Waals surface area contributed by atoms with Crippen LogP contribution in [0, 0.1) is 0 Å². The van der Waals surface area contributed by atoms with Gasteiger partial charge in [0.2, 0.25) is 0 Å². The molecule has 0 bridgehead atoms. The molecule has 26 radical (unpaired) electrons. The molecule has 2 heterocycles. The number of hydrogen-bond acceptors (Lipinski definition) is 0. The van der Waals surface area contributed by atoms with Gasteiger partial charge in [0.25, 0.3) is 0 Å². The fourth-order valence-electron chi connectivity index (χ4n) is 11.2. The van der Waals surface area contributed by atoms with Gasteiger partial charge in [-0.25, -0.2) is 0 Å². The van der Waals surface area contributed by atoms with Gasteiger partial charge in [-0.3, -0.25) is 0 Å². The summed E-state index contributed by atoms with van der Waals surface area (Å²) >= 11 is 0. The highest BCUT2D eigenvalue weighted by molar-refractivity contribution is 8.34. The average molecular weight is 951 g/mol. The molecule has 0 aliphatic carbocycles. The van der Waals surface area contributed by atoms with Crippen LogP contribution in [-0.2, 0) is 0 Å². The highest BCUT2D eigenvalue weighted by Crippen LogP contribution is 2.73. The molecule has 0 fully saturated rings. The van der Waals surface area contributed by atoms with Crippen LogP contribution in [0.4, 0.5) is 0 Å². The van der Waals surface area contributed by atoms with Crippen molar-refractivity contribution in [2.24, 2.45) is 0 Å². The number of nitrogens with zero attached hydrogens (tertiary/aromatic N) is 2. The van der Waals surface area contributed by atoms with Gasteiger partial charge in [-0.2, -0.15) is 0 Å². The van der Waals surface area contributed by atoms with Gasteiger partial charge < -0.3 is 9.13 Å². The Morgan fingerprint density at radius 3 is 1.14 bits per heavy atom. The van der Waals surface area contributed by atoms with Crippen molar-refractivity contribution in [1.29, 1.82) is 0 Å². The van der Waals surface area contributed by atoms with Crippen LogP contribution in [-0.4, -0.2) is 111 Å². The maximum atomic E-state index is 7.29. The molecule has 12 aromatic rings. The lowest BCUT2D eigenvalue weighted by Gasteiger charge is -2.46. The number of hydrogen-bond donors (Lipinski definition) is 0. The Labute approximate surface area is 461 Å². The minimum atomic E-state index is -2.73. The van der Waals surface area contributed by atoms with E-state index in [4.69, 9.17) is 102 Å². The van der Waals surface area contributed by atoms with E-state index in [-0.39, 0.29) is 71.0 Å². The molecule has 0 aliphatic heterocycles. The molecule has 16 heteroatoms. The molecule has 10 aromatic carbocycles. The van der Waals surface area contributed by atoms with Crippen molar-refractivity contribution < 1.29 is 0 Å². The topological polar surface area (TPSA) is 9.86 Å². The molecule has 0 aliphatic rings. The smallest absolute Gasteiger partial charge is 0.115 e. The molecule has 0 saturated heterocycles. The lowest BCUT2D eigenvalue weighted by Crippen LogP contribution is -2.56. The first-order valence-corrected chi connectivity index (χ1v) is 25.9. The molecule has 2 nitrogen and oxygen atoms in total. The molecule has 76 heavy (non-hydrogen) atoms. The predicted molar refractivity (Wildman–Crippen MR) is 336 cm³/mol. The third-order valence-electron chi connectivity index (χ3n) is 14.9. The van der Waals surface area contributed by atoms with E-state index in [1.54, 1.807) is 0 Å². The number of rotatable bonds is 8. The summed E-state index contributed by atoms with van der Waals surface area (Å²) in [5.74, 6) is 0. The summed E-state index contributed by atoms with van der Waals surface area (Å²) in [6, 6.07) is 60.1. The minimum Gasteiger partial charge on any atom is -0.310 e. The van der Waals surface area contributed by atoms with Gasteiger partial charge in [0.15, 0.2) is 0 Å². The van der Waals surface area contributed by atoms with Crippen LogP contribution in [0.2, 0.25) is 0 Å². The first-order valence-electron chi connectivity index (χ1n) is 24.3. The fraction of sp³-hybridized carbons (Fsp3) is 0. The Morgan fingerprint density at radius 1 is 0.289 bits per heavy atom. The Hall–Kier alpha value is -7.01. The van der Waals surface area contributed by atoms with E-state index in [1.165, 1.54) is 0 Å². The van der Waals surface area contributed by atoms with Gasteiger partial charge >= 0.3 is 0 Å². The van der Waals surface area contributed by atoms with Gasteiger partial charge in [-0.1, -0.05) is 154 Å². The van der Waals surface area contributed by atoms with Gasteiger partial charge in [0.05, 0.1) is 16.7 Å². The molecule has 324 valence electrons. The number of benzene rings is 10. The summed E-state index contributed by atoms with van der Waals surface area (Å²) in [5, 5.41) is 2.84. The highest BCUT2D eigenvalue weighted by Gasteiger charge is 2.38. The average Bonchev–Trinajstić information content (AvgIpc) is 4.19. The van der Waals surface area contributed by atoms with Gasteiger partial charge in [0, 0.05) is 53.3 Å². The van der Waals surface area contributed by atoms with Crippen LogP contribution in [0.15, 0.2) is 196 Å². The van der Waals surface area contributed by atoms with Crippen molar-refractivity contribution in [3.05, 3.63) is 176 Å². The Bertz CT molecular complexity index is 4170. The molecule has 0 unspecified atom stereocenters. The summed E-state index contributed by atoms with van der Waals surface area (Å²) in [6.45, 7) is 0. The van der Waals surface area contributed by atoms with E-state index < -0.39 is 10.0 Å². The number of aromatic nitrogens is 2. The Balaban J connectivity index is 1.29. The predicted octanol–water partition coefficient (Wildman–Crippen LogP) is 0.875. The van der Waals surface area contributed by atoms with Crippen molar-refractivity contribution in [2.45, 2.75) is 19.6 Å². The Kier molecular flexibility index (Phi) is 12.4. The van der Waals surface area contributed by atoms with E-state index in [1.807, 2.05) is 95.6 Å². The summed E-state index contributed by atoms with van der Waals surface area (Å²) in [4.78, 5) is 3.35. The SMILES string of the molecule is [B]c1c([B])c([B])c(S(c2ccccc2)(c2ccccc2)c2cc(-c3ccccc3)c(-n3c4ccccc4c4ccc(-n5c6c([B])c([B])c([B])c([B])c6c6c([B])c([B])c([B])c([B])c65)cc43)c(-c3ccccc3)c2)c([B])c1[B]. The van der Waals surface area contributed by atoms with Gasteiger partial charge in [-0.05, 0) is 81.4 Å². The molecular weight excluding hydrogens is 921 g/mol. The van der Waals surface area contributed by atoms with Crippen molar-refractivity contribution in [1.82, 2.24) is 9.13 Å². The zero-order valence-electron chi connectivity index (χ0n) is 41.1. The summed E-state index contributed by atoms with van der Waals surface area (Å²) in [7, 11) is 86.2. The molecule has 0 saturated carbocycles. The van der Waals surface area contributed by atoms with E-state index in [9.17, 15) is 0 Å². The van der Waals surface area contributed by atoms with Crippen LogP contribution in [0.25, 0.3) is 77.2 Å². The quantitative estimate of drug-likeness (QED) is 0.201. The van der Waals surface area contributed by atoms with Crippen molar-refractivity contribution in [3.63, 3.8) is 0 Å². The largest absolute Gasteiger partial charge is 0.310 e. The normalized spacial score (nSPS) is 12.1. The van der Waals surface area contributed by atoms with Crippen LogP contribution < -0.4 is 71.0 Å². The van der Waals surface area contributed by atoms with Crippen molar-refractivity contribution >= 4 is 227 Å². The second-order valence-corrected chi connectivity index (χ2v) is 21.9. The Morgan fingerprint density at radius 2 is 0.671 bits per heavy atom. The fourth-order valence-corrected chi connectivity index (χ4v) is 15.3. The number of fused-ring (bicyclic) bond motifs is 6. The summed E-state index contributed by atoms with van der Waals surface area (Å²) in [6.07, 6.45) is 0. The zero-order chi connectivity index (χ0) is 53.1. The van der Waals surface area contributed by atoms with Crippen molar-refractivity contribution in [2.75, 3.05) is 0 Å². The first kappa shape index (κ1) is 49.8. The third kappa shape index (κ3) is 7.22. The van der Waals surface area contributed by atoms with Crippen molar-refractivity contribution in [3.8, 4) is 33.6 Å². The monoisotopic (exact) mass is 952 g/mol. The van der Waals surface area contributed by atoms with E-state index in [0.29, 0.717) is 32.4 Å². The second-order valence-electron chi connectivity index (χ2n) is 18.9. The zero-order valence-corrected chi connectivity index (χ0v) is 41.9. The van der Waals surface area contributed by atoms with E-state index in [2.05, 4.69) is 89.5 Å². The molecule has 0 spiro atoms. The summed E-state index contributed by atoms with van der Waals surface area (Å²) < 4.78 is 4.21. The van der Waals surface area contributed by atoms with E-state index >= 15 is 0 Å². The summed E-state index contributed by atoms with van der Waals surface area (Å²) in [5.41, 5.74) is 9.87. The van der Waals surface area contributed by atoms with Crippen LogP contribution >= 0.6 is 10.0 Å². The number of para-hydroxylation sites is 1. The molecular formula is C60H29B13N2S. The van der Waals surface area contributed by atoms with Crippen LogP contribution in [0.1, 0.15) is 0 Å². The van der Waals surface area contributed by atoms with E-state index in [0.717, 1.165) is 64.4 Å². The van der Waals surface area contributed by atoms with Gasteiger partial charge in [-0.15, -0.1) is 48.3 Å². The lowest BCUT2D eigenvalue weighted by atomic mass is 9.62. The highest BCUT2D eigenvalue weighted by atomic mass is 32.3. The molecule has 0 amide bonds. The second kappa shape index (κ2) is 18.9. The molecule has 2 aromatic heterocycles. The van der Waals surface area contributed by atoms with Crippen LogP contribution in [0.3, 0.4) is 0 Å². The third-order valence-corrected chi connectivity index (χ3v) is 18.8. The molecule has 12 rings (SSSR count). The lowest BCUT2D eigenvalue weighted by molar-refractivity contribution is 1.15. The molecule has 0 N–H and O–H groups in total. The van der Waals surface area contributed by atoms with Gasteiger partial charge in [0.1, 0.15) is 102 Å². The van der Waals surface area contributed by atoms with Crippen LogP contribution in [0.5, 0.6) is 0 Å². The molecule has 0 atom stereocenters. The standard InChI is InChI=1S/C60H29B13N2S/c61-44-42-43-45(62)47(64)50(67)54(71)59(43)74(58(42)53(70)49(66)46(44)63)32-25-26-37-36-23-13-14-24-40(36)75(41(37)27-32)57-38(30-15-5-1-6-16-30)28-35(29-39(57)31-17-7-2-8-18-31)76(33-19-9-3-10-20-33,34-21-11-4-12-22-34)60-55(72)51(68)48(65)52(69)56(60)73/h1-29H. The maximum Gasteiger partial charge on any atom is 0.115 e. The first-order chi connectivity index (χ1) is 36.7. The maximum absolute atomic E-state index is 7.29. The minimum absolute atomic E-state index is 0.109.